The molecule has 0 aliphatic carbocycles. The molecular weight excluding hydrogens is 244 g/mol. The van der Waals surface area contributed by atoms with Crippen LogP contribution in [0.5, 0.6) is 0 Å². The first-order valence-electron chi connectivity index (χ1n) is 5.92. The quantitative estimate of drug-likeness (QED) is 0.547. The van der Waals surface area contributed by atoms with Crippen molar-refractivity contribution in [3.05, 3.63) is 60.4 Å². The van der Waals surface area contributed by atoms with E-state index in [0.717, 1.165) is 23.3 Å². The van der Waals surface area contributed by atoms with Crippen LogP contribution in [0.3, 0.4) is 0 Å². The van der Waals surface area contributed by atoms with Crippen LogP contribution < -0.4 is 0 Å². The van der Waals surface area contributed by atoms with Crippen LogP contribution >= 0.6 is 11.8 Å². The average molecular weight is 262 g/mol. The normalized spacial score (nSPS) is 10.5. The number of benzene rings is 1. The van der Waals surface area contributed by atoms with Crippen molar-refractivity contribution < 1.29 is 9.53 Å². The Morgan fingerprint density at radius 2 is 2.11 bits per heavy atom. The summed E-state index contributed by atoms with van der Waals surface area (Å²) in [6.45, 7) is 6.49. The van der Waals surface area contributed by atoms with Crippen LogP contribution in [0.1, 0.15) is 23.7 Å². The van der Waals surface area contributed by atoms with Gasteiger partial charge in [0.1, 0.15) is 0 Å². The van der Waals surface area contributed by atoms with Crippen molar-refractivity contribution in [2.75, 3.05) is 12.4 Å². The SMILES string of the molecule is C=C(/C=C/OCC)CCSC(=O)c1ccccc1. The molecule has 2 nitrogen and oxygen atoms in total. The Hall–Kier alpha value is -1.48. The monoisotopic (exact) mass is 262 g/mol. The molecule has 0 spiro atoms. The van der Waals surface area contributed by atoms with E-state index in [4.69, 9.17) is 4.74 Å². The Balaban J connectivity index is 2.26. The van der Waals surface area contributed by atoms with E-state index in [1.165, 1.54) is 11.8 Å². The molecule has 0 heterocycles. The highest BCUT2D eigenvalue weighted by atomic mass is 32.2. The fourth-order valence-electron chi connectivity index (χ4n) is 1.26. The van der Waals surface area contributed by atoms with Crippen LogP contribution in [-0.2, 0) is 4.74 Å². The highest BCUT2D eigenvalue weighted by Gasteiger charge is 2.04. The summed E-state index contributed by atoms with van der Waals surface area (Å²) in [4.78, 5) is 11.8. The second kappa shape index (κ2) is 8.59. The molecule has 1 aromatic rings. The van der Waals surface area contributed by atoms with Crippen molar-refractivity contribution in [2.24, 2.45) is 0 Å². The topological polar surface area (TPSA) is 26.3 Å². The molecule has 0 unspecified atom stereocenters. The van der Waals surface area contributed by atoms with Crippen molar-refractivity contribution in [1.29, 1.82) is 0 Å². The number of thioether (sulfide) groups is 1. The van der Waals surface area contributed by atoms with E-state index >= 15 is 0 Å². The Bertz CT molecular complexity index is 410. The maximum Gasteiger partial charge on any atom is 0.219 e. The number of allylic oxidation sites excluding steroid dienone is 2. The molecule has 0 aromatic heterocycles. The van der Waals surface area contributed by atoms with Crippen LogP contribution in [0.25, 0.3) is 0 Å². The summed E-state index contributed by atoms with van der Waals surface area (Å²) in [6.07, 6.45) is 4.27. The van der Waals surface area contributed by atoms with Gasteiger partial charge in [0.05, 0.1) is 12.9 Å². The Morgan fingerprint density at radius 3 is 2.78 bits per heavy atom. The third-order valence-electron chi connectivity index (χ3n) is 2.23. The Morgan fingerprint density at radius 1 is 1.39 bits per heavy atom. The summed E-state index contributed by atoms with van der Waals surface area (Å²) in [5, 5.41) is 0.109. The third kappa shape index (κ3) is 5.73. The molecule has 0 bridgehead atoms. The lowest BCUT2D eigenvalue weighted by Gasteiger charge is -2.01. The Labute approximate surface area is 113 Å². The van der Waals surface area contributed by atoms with E-state index < -0.39 is 0 Å². The van der Waals surface area contributed by atoms with E-state index in [1.807, 2.05) is 43.3 Å². The van der Waals surface area contributed by atoms with Crippen LogP contribution in [0.2, 0.25) is 0 Å². The van der Waals surface area contributed by atoms with Gasteiger partial charge in [0.25, 0.3) is 0 Å². The zero-order chi connectivity index (χ0) is 13.2. The van der Waals surface area contributed by atoms with E-state index in [-0.39, 0.29) is 5.12 Å². The minimum Gasteiger partial charge on any atom is -0.501 e. The van der Waals surface area contributed by atoms with E-state index in [0.29, 0.717) is 6.61 Å². The van der Waals surface area contributed by atoms with Crippen LogP contribution in [0, 0.1) is 0 Å². The molecule has 0 saturated carbocycles. The minimum absolute atomic E-state index is 0.109. The molecule has 0 aliphatic heterocycles. The summed E-state index contributed by atoms with van der Waals surface area (Å²) in [5.74, 6) is 0.739. The second-order valence-electron chi connectivity index (χ2n) is 3.67. The van der Waals surface area contributed by atoms with Gasteiger partial charge in [-0.25, -0.2) is 0 Å². The molecule has 0 atom stereocenters. The fraction of sp³-hybridized carbons (Fsp3) is 0.267. The summed E-state index contributed by atoms with van der Waals surface area (Å²) in [7, 11) is 0. The zero-order valence-electron chi connectivity index (χ0n) is 10.6. The highest BCUT2D eigenvalue weighted by Crippen LogP contribution is 2.15. The van der Waals surface area contributed by atoms with Gasteiger partial charge in [0.2, 0.25) is 5.12 Å². The van der Waals surface area contributed by atoms with E-state index in [9.17, 15) is 4.79 Å². The number of carbonyl (C=O) groups is 1. The van der Waals surface area contributed by atoms with Gasteiger partial charge in [-0.15, -0.1) is 0 Å². The first-order chi connectivity index (χ1) is 8.74. The van der Waals surface area contributed by atoms with Crippen LogP contribution in [0.4, 0.5) is 0 Å². The van der Waals surface area contributed by atoms with Gasteiger partial charge in [0, 0.05) is 11.3 Å². The van der Waals surface area contributed by atoms with E-state index in [1.54, 1.807) is 6.26 Å². The lowest BCUT2D eigenvalue weighted by molar-refractivity contribution is 0.108. The summed E-state index contributed by atoms with van der Waals surface area (Å²) in [5.41, 5.74) is 1.72. The van der Waals surface area contributed by atoms with Gasteiger partial charge in [-0.1, -0.05) is 54.2 Å². The average Bonchev–Trinajstić information content (AvgIpc) is 2.40. The van der Waals surface area contributed by atoms with E-state index in [2.05, 4.69) is 6.58 Å². The molecule has 0 aliphatic rings. The molecule has 0 radical (unpaired) electrons. The molecule has 3 heteroatoms. The van der Waals surface area contributed by atoms with Gasteiger partial charge in [-0.2, -0.15) is 0 Å². The molecular formula is C15H18O2S. The molecule has 1 rings (SSSR count). The number of carbonyl (C=O) groups excluding carboxylic acids is 1. The first kappa shape index (κ1) is 14.6. The van der Waals surface area contributed by atoms with Crippen molar-refractivity contribution >= 4 is 16.9 Å². The maximum atomic E-state index is 11.8. The lowest BCUT2D eigenvalue weighted by atomic mass is 10.2. The molecule has 0 saturated heterocycles. The van der Waals surface area contributed by atoms with Crippen LogP contribution in [0.15, 0.2) is 54.8 Å². The summed E-state index contributed by atoms with van der Waals surface area (Å²) >= 11 is 1.32. The van der Waals surface area contributed by atoms with Gasteiger partial charge >= 0.3 is 0 Å². The zero-order valence-corrected chi connectivity index (χ0v) is 11.4. The molecule has 18 heavy (non-hydrogen) atoms. The predicted molar refractivity (Wildman–Crippen MR) is 77.8 cm³/mol. The predicted octanol–water partition coefficient (Wildman–Crippen LogP) is 4.06. The minimum atomic E-state index is 0.109. The number of hydrogen-bond donors (Lipinski definition) is 0. The fourth-order valence-corrected chi connectivity index (χ4v) is 2.11. The van der Waals surface area contributed by atoms with Gasteiger partial charge in [0.15, 0.2) is 0 Å². The van der Waals surface area contributed by atoms with Crippen molar-refractivity contribution in [3.63, 3.8) is 0 Å². The second-order valence-corrected chi connectivity index (χ2v) is 4.74. The number of rotatable bonds is 7. The third-order valence-corrected chi connectivity index (χ3v) is 3.14. The van der Waals surface area contributed by atoms with Gasteiger partial charge in [-0.05, 0) is 19.4 Å². The summed E-state index contributed by atoms with van der Waals surface area (Å²) < 4.78 is 5.09. The van der Waals surface area contributed by atoms with Crippen LogP contribution in [-0.4, -0.2) is 17.5 Å². The number of hydrogen-bond acceptors (Lipinski definition) is 3. The van der Waals surface area contributed by atoms with Crippen molar-refractivity contribution in [2.45, 2.75) is 13.3 Å². The largest absolute Gasteiger partial charge is 0.501 e. The number of ether oxygens (including phenoxy) is 1. The van der Waals surface area contributed by atoms with Gasteiger partial charge in [-0.3, -0.25) is 4.79 Å². The standard InChI is InChI=1S/C15H18O2S/c1-3-17-11-9-13(2)10-12-18-15(16)14-7-5-4-6-8-14/h4-9,11H,2-3,10,12H2,1H3/b11-9+. The molecule has 0 N–H and O–H groups in total. The molecule has 0 amide bonds. The maximum absolute atomic E-state index is 11.8. The van der Waals surface area contributed by atoms with Gasteiger partial charge < -0.3 is 4.74 Å². The van der Waals surface area contributed by atoms with Crippen molar-refractivity contribution in [1.82, 2.24) is 0 Å². The summed E-state index contributed by atoms with van der Waals surface area (Å²) in [6, 6.07) is 9.31. The first-order valence-corrected chi connectivity index (χ1v) is 6.90. The smallest absolute Gasteiger partial charge is 0.219 e. The lowest BCUT2D eigenvalue weighted by Crippen LogP contribution is -1.94. The Kier molecular flexibility index (Phi) is 6.96. The molecule has 96 valence electrons. The molecule has 0 fully saturated rings. The van der Waals surface area contributed by atoms with Crippen molar-refractivity contribution in [3.8, 4) is 0 Å². The molecule has 1 aromatic carbocycles. The highest BCUT2D eigenvalue weighted by molar-refractivity contribution is 8.14.